The number of nitrogens with two attached hydrogens (primary N) is 1. The number of carbonyl (C=O) groups excluding carboxylic acids is 1. The highest BCUT2D eigenvalue weighted by Gasteiger charge is 2.38. The maximum Gasteiger partial charge on any atom is 0.490 e. The van der Waals surface area contributed by atoms with Gasteiger partial charge in [-0.3, -0.25) is 9.59 Å². The van der Waals surface area contributed by atoms with Crippen LogP contribution in [0.5, 0.6) is 0 Å². The molecule has 0 aliphatic heterocycles. The third kappa shape index (κ3) is 11.8. The summed E-state index contributed by atoms with van der Waals surface area (Å²) in [5, 5.41) is 27.7. The van der Waals surface area contributed by atoms with Gasteiger partial charge in [0.1, 0.15) is 6.04 Å². The summed E-state index contributed by atoms with van der Waals surface area (Å²) in [5.41, 5.74) is 5.98. The zero-order chi connectivity index (χ0) is 30.0. The van der Waals surface area contributed by atoms with Crippen LogP contribution >= 0.6 is 0 Å². The number of hydrogen-bond donors (Lipinski definition) is 5. The van der Waals surface area contributed by atoms with Crippen LogP contribution in [0.3, 0.4) is 0 Å². The van der Waals surface area contributed by atoms with Gasteiger partial charge in [0.05, 0.1) is 12.2 Å². The number of nitrogens with one attached hydrogen (secondary N) is 1. The Morgan fingerprint density at radius 3 is 1.90 bits per heavy atom. The average Bonchev–Trinajstić information content (AvgIpc) is 2.82. The van der Waals surface area contributed by atoms with Crippen LogP contribution in [0.25, 0.3) is 0 Å². The van der Waals surface area contributed by atoms with Gasteiger partial charge in [0, 0.05) is 12.1 Å². The molecule has 39 heavy (non-hydrogen) atoms. The number of aryl methyl sites for hydroxylation is 1. The number of amides is 1. The highest BCUT2D eigenvalue weighted by atomic mass is 19.4. The van der Waals surface area contributed by atoms with Crippen LogP contribution in [-0.2, 0) is 43.1 Å². The monoisotopic (exact) mass is 568 g/mol. The molecule has 10 nitrogen and oxygen atoms in total. The van der Waals surface area contributed by atoms with E-state index >= 15 is 0 Å². The summed E-state index contributed by atoms with van der Waals surface area (Å²) >= 11 is 0. The van der Waals surface area contributed by atoms with E-state index < -0.39 is 48.0 Å². The summed E-state index contributed by atoms with van der Waals surface area (Å²) in [5.74, 6) is -6.18. The van der Waals surface area contributed by atoms with E-state index in [0.717, 1.165) is 12.1 Å². The lowest BCUT2D eigenvalue weighted by Crippen LogP contribution is -2.47. The molecule has 2 aromatic carbocycles. The van der Waals surface area contributed by atoms with Crippen molar-refractivity contribution in [2.75, 3.05) is 5.32 Å². The van der Waals surface area contributed by atoms with Crippen LogP contribution in [0, 0.1) is 0 Å². The Bertz CT molecular complexity index is 1150. The Kier molecular flexibility index (Phi) is 11.9. The van der Waals surface area contributed by atoms with Gasteiger partial charge in [-0.1, -0.05) is 24.3 Å². The molecule has 0 spiro atoms. The van der Waals surface area contributed by atoms with Crippen LogP contribution in [0.4, 0.5) is 32.0 Å². The average molecular weight is 568 g/mol. The number of hydrogen-bond acceptors (Lipinski definition) is 6. The van der Waals surface area contributed by atoms with Gasteiger partial charge >= 0.3 is 30.3 Å². The number of benzene rings is 2. The minimum atomic E-state index is -5.08. The topological polar surface area (TPSA) is 176 Å². The summed E-state index contributed by atoms with van der Waals surface area (Å²) in [4.78, 5) is 43.1. The van der Waals surface area contributed by atoms with Crippen molar-refractivity contribution in [2.45, 2.75) is 43.9 Å². The standard InChI is InChI=1S/C21H21F3N2O6.C2HF3O2/c22-21(23,24)14-7-4-12(5-8-14)6-9-16(27)26-15-3-1-2-13(10-15)11-32-18(20(30)31)17(25)19(28)29;3-2(4,5)1(6)7/h1-5,7-8,10,17-18H,6,9,11,25H2,(H,26,27)(H,28,29)(H,30,31);(H,6,7)/t17-,18-;/m0./s1. The summed E-state index contributed by atoms with van der Waals surface area (Å²) in [7, 11) is 0. The maximum absolute atomic E-state index is 12.6. The first kappa shape index (κ1) is 32.8. The fraction of sp³-hybridized carbons (Fsp3) is 0.304. The second-order valence-electron chi connectivity index (χ2n) is 7.68. The van der Waals surface area contributed by atoms with E-state index in [1.165, 1.54) is 18.2 Å². The lowest BCUT2D eigenvalue weighted by molar-refractivity contribution is -0.192. The van der Waals surface area contributed by atoms with E-state index in [1.807, 2.05) is 0 Å². The van der Waals surface area contributed by atoms with Crippen LogP contribution in [-0.4, -0.2) is 57.5 Å². The fourth-order valence-electron chi connectivity index (χ4n) is 2.72. The summed E-state index contributed by atoms with van der Waals surface area (Å²) in [6, 6.07) is 9.05. The van der Waals surface area contributed by atoms with Crippen molar-refractivity contribution in [3.05, 3.63) is 65.2 Å². The molecule has 0 aliphatic carbocycles. The highest BCUT2D eigenvalue weighted by Crippen LogP contribution is 2.29. The highest BCUT2D eigenvalue weighted by molar-refractivity contribution is 5.90. The number of carboxylic acid groups (broad SMARTS) is 3. The normalized spacial score (nSPS) is 12.9. The molecule has 0 unspecified atom stereocenters. The van der Waals surface area contributed by atoms with Crippen molar-refractivity contribution in [1.82, 2.24) is 0 Å². The predicted octanol–water partition coefficient (Wildman–Crippen LogP) is 3.29. The molecule has 2 atom stereocenters. The quantitative estimate of drug-likeness (QED) is 0.269. The molecule has 0 fully saturated rings. The number of anilines is 1. The molecule has 6 N–H and O–H groups in total. The van der Waals surface area contributed by atoms with E-state index in [-0.39, 0.29) is 25.4 Å². The van der Waals surface area contributed by atoms with Gasteiger partial charge in [-0.15, -0.1) is 0 Å². The van der Waals surface area contributed by atoms with Crippen molar-refractivity contribution in [3.63, 3.8) is 0 Å². The Morgan fingerprint density at radius 2 is 1.44 bits per heavy atom. The molecule has 0 bridgehead atoms. The van der Waals surface area contributed by atoms with Gasteiger partial charge in [-0.2, -0.15) is 26.3 Å². The first-order valence-electron chi connectivity index (χ1n) is 10.6. The lowest BCUT2D eigenvalue weighted by Gasteiger charge is -2.17. The molecule has 214 valence electrons. The second kappa shape index (κ2) is 14.1. The maximum atomic E-state index is 12.6. The van der Waals surface area contributed by atoms with Crippen LogP contribution < -0.4 is 11.1 Å². The SMILES string of the molecule is N[C@H](C(=O)O)[C@H](OCc1cccc(NC(=O)CCc2ccc(C(F)(F)F)cc2)c1)C(=O)O.O=C(O)C(F)(F)F. The minimum absolute atomic E-state index is 0.0284. The van der Waals surface area contributed by atoms with E-state index in [0.29, 0.717) is 16.8 Å². The van der Waals surface area contributed by atoms with Crippen LogP contribution in [0.2, 0.25) is 0 Å². The number of aliphatic carboxylic acids is 3. The number of ether oxygens (including phenoxy) is 1. The number of rotatable bonds is 10. The van der Waals surface area contributed by atoms with Crippen molar-refractivity contribution >= 4 is 29.5 Å². The smallest absolute Gasteiger partial charge is 0.480 e. The predicted molar refractivity (Wildman–Crippen MR) is 120 cm³/mol. The van der Waals surface area contributed by atoms with E-state index in [2.05, 4.69) is 5.32 Å². The summed E-state index contributed by atoms with van der Waals surface area (Å²) in [6.07, 6.45) is -11.0. The zero-order valence-electron chi connectivity index (χ0n) is 19.6. The van der Waals surface area contributed by atoms with E-state index in [9.17, 15) is 40.7 Å². The number of halogens is 6. The Labute approximate surface area is 216 Å². The van der Waals surface area contributed by atoms with Crippen LogP contribution in [0.1, 0.15) is 23.1 Å². The number of carbonyl (C=O) groups is 4. The molecule has 1 amide bonds. The van der Waals surface area contributed by atoms with Gasteiger partial charge in [-0.05, 0) is 41.8 Å². The fourth-order valence-corrected chi connectivity index (χ4v) is 2.72. The first-order valence-corrected chi connectivity index (χ1v) is 10.6. The molecule has 2 aromatic rings. The molecule has 0 saturated carbocycles. The van der Waals surface area contributed by atoms with Crippen LogP contribution in [0.15, 0.2) is 48.5 Å². The van der Waals surface area contributed by atoms with Gasteiger partial charge in [0.2, 0.25) is 5.91 Å². The molecule has 2 rings (SSSR count). The van der Waals surface area contributed by atoms with Gasteiger partial charge in [-0.25, -0.2) is 9.59 Å². The van der Waals surface area contributed by atoms with Gasteiger partial charge < -0.3 is 31.1 Å². The first-order chi connectivity index (χ1) is 17.9. The van der Waals surface area contributed by atoms with Crippen molar-refractivity contribution in [2.24, 2.45) is 5.73 Å². The van der Waals surface area contributed by atoms with Crippen molar-refractivity contribution in [1.29, 1.82) is 0 Å². The Hall–Kier alpha value is -4.18. The minimum Gasteiger partial charge on any atom is -0.480 e. The van der Waals surface area contributed by atoms with E-state index in [4.69, 9.17) is 30.6 Å². The molecule has 0 saturated heterocycles. The second-order valence-corrected chi connectivity index (χ2v) is 7.68. The summed E-state index contributed by atoms with van der Waals surface area (Å²) < 4.78 is 74.6. The molecule has 16 heteroatoms. The number of alkyl halides is 6. The van der Waals surface area contributed by atoms with E-state index in [1.54, 1.807) is 18.2 Å². The molecule has 0 radical (unpaired) electrons. The van der Waals surface area contributed by atoms with Crippen molar-refractivity contribution < 1.29 is 65.6 Å². The third-order valence-electron chi connectivity index (χ3n) is 4.66. The largest absolute Gasteiger partial charge is 0.490 e. The number of carboxylic acids is 3. The zero-order valence-corrected chi connectivity index (χ0v) is 19.6. The Morgan fingerprint density at radius 1 is 0.872 bits per heavy atom. The Balaban J connectivity index is 0.000000956. The van der Waals surface area contributed by atoms with Crippen molar-refractivity contribution in [3.8, 4) is 0 Å². The molecule has 0 aromatic heterocycles. The molecule has 0 aliphatic rings. The lowest BCUT2D eigenvalue weighted by atomic mass is 10.1. The van der Waals surface area contributed by atoms with Gasteiger partial charge in [0.25, 0.3) is 0 Å². The third-order valence-corrected chi connectivity index (χ3v) is 4.66. The molecule has 0 heterocycles. The van der Waals surface area contributed by atoms with Gasteiger partial charge in [0.15, 0.2) is 6.10 Å². The summed E-state index contributed by atoms with van der Waals surface area (Å²) in [6.45, 7) is -0.257. The molecular formula is C23H22F6N2O8. The molecular weight excluding hydrogens is 546 g/mol.